The van der Waals surface area contributed by atoms with Gasteiger partial charge in [0, 0.05) is 36.7 Å². The molecule has 0 radical (unpaired) electrons. The molecule has 2 aromatic rings. The molecule has 0 N–H and O–H groups in total. The van der Waals surface area contributed by atoms with Gasteiger partial charge in [0.2, 0.25) is 0 Å². The minimum atomic E-state index is -0.106. The van der Waals surface area contributed by atoms with Gasteiger partial charge in [-0.3, -0.25) is 4.79 Å². The highest BCUT2D eigenvalue weighted by Gasteiger charge is 2.26. The number of halogens is 1. The molecule has 27 heavy (non-hydrogen) atoms. The second-order valence-corrected chi connectivity index (χ2v) is 7.22. The minimum Gasteiger partial charge on any atom is -0.489 e. The number of benzene rings is 2. The summed E-state index contributed by atoms with van der Waals surface area (Å²) in [6.07, 6.45) is 1.74. The molecule has 0 spiro atoms. The summed E-state index contributed by atoms with van der Waals surface area (Å²) in [5, 5.41) is 0.398. The highest BCUT2D eigenvalue weighted by molar-refractivity contribution is 6.32. The quantitative estimate of drug-likeness (QED) is 0.789. The van der Waals surface area contributed by atoms with E-state index in [2.05, 4.69) is 0 Å². The van der Waals surface area contributed by atoms with E-state index in [1.165, 1.54) is 0 Å². The van der Waals surface area contributed by atoms with Crippen molar-refractivity contribution in [1.82, 2.24) is 0 Å². The molecule has 2 aliphatic rings. The lowest BCUT2D eigenvalue weighted by molar-refractivity contribution is 0.0981. The normalized spacial score (nSPS) is 18.8. The topological polar surface area (TPSA) is 48.0 Å². The molecular weight excluding hydrogens is 366 g/mol. The molecule has 2 aromatic carbocycles. The van der Waals surface area contributed by atoms with Crippen LogP contribution in [-0.2, 0) is 4.74 Å². The van der Waals surface area contributed by atoms with Crippen molar-refractivity contribution in [2.75, 3.05) is 37.9 Å². The van der Waals surface area contributed by atoms with Gasteiger partial charge in [0.15, 0.2) is 11.5 Å². The van der Waals surface area contributed by atoms with Gasteiger partial charge in [0.1, 0.15) is 0 Å². The molecule has 2 heterocycles. The van der Waals surface area contributed by atoms with Crippen molar-refractivity contribution in [1.29, 1.82) is 0 Å². The molecule has 0 aliphatic carbocycles. The molecule has 1 saturated heterocycles. The Labute approximate surface area is 163 Å². The number of hydrogen-bond acceptors (Lipinski definition) is 4. The molecule has 1 amide bonds. The van der Waals surface area contributed by atoms with E-state index in [0.717, 1.165) is 25.1 Å². The fourth-order valence-corrected chi connectivity index (χ4v) is 3.67. The summed E-state index contributed by atoms with van der Waals surface area (Å²) >= 11 is 6.39. The summed E-state index contributed by atoms with van der Waals surface area (Å²) in [5.74, 6) is 1.26. The van der Waals surface area contributed by atoms with Gasteiger partial charge in [-0.1, -0.05) is 29.8 Å². The highest BCUT2D eigenvalue weighted by Crippen LogP contribution is 2.38. The van der Waals surface area contributed by atoms with Crippen molar-refractivity contribution < 1.29 is 19.0 Å². The minimum absolute atomic E-state index is 0.106. The number of carbonyl (C=O) groups is 1. The molecule has 142 valence electrons. The number of rotatable bonds is 4. The molecule has 0 bridgehead atoms. The molecule has 6 heteroatoms. The fraction of sp³-hybridized carbons (Fsp3) is 0.381. The number of ether oxygens (including phenoxy) is 3. The van der Waals surface area contributed by atoms with Crippen LogP contribution >= 0.6 is 11.6 Å². The van der Waals surface area contributed by atoms with E-state index in [9.17, 15) is 4.79 Å². The number of para-hydroxylation sites is 1. The lowest BCUT2D eigenvalue weighted by Crippen LogP contribution is -2.35. The summed E-state index contributed by atoms with van der Waals surface area (Å²) < 4.78 is 16.9. The van der Waals surface area contributed by atoms with E-state index in [4.69, 9.17) is 25.8 Å². The van der Waals surface area contributed by atoms with Crippen LogP contribution in [0.5, 0.6) is 11.5 Å². The zero-order valence-electron chi connectivity index (χ0n) is 15.0. The van der Waals surface area contributed by atoms with E-state index >= 15 is 0 Å². The number of nitrogens with zero attached hydrogens (tertiary/aromatic N) is 1. The Balaban J connectivity index is 1.66. The summed E-state index contributed by atoms with van der Waals surface area (Å²) in [5.41, 5.74) is 1.35. The lowest BCUT2D eigenvalue weighted by Gasteiger charge is -2.26. The number of anilines is 1. The number of amides is 1. The van der Waals surface area contributed by atoms with Crippen molar-refractivity contribution >= 4 is 23.2 Å². The van der Waals surface area contributed by atoms with E-state index < -0.39 is 0 Å². The van der Waals surface area contributed by atoms with Crippen LogP contribution in [0.15, 0.2) is 42.5 Å². The van der Waals surface area contributed by atoms with Crippen LogP contribution in [0.2, 0.25) is 5.02 Å². The smallest absolute Gasteiger partial charge is 0.258 e. The van der Waals surface area contributed by atoms with Crippen LogP contribution in [0, 0.1) is 5.92 Å². The Morgan fingerprint density at radius 2 is 1.93 bits per heavy atom. The molecule has 5 nitrogen and oxygen atoms in total. The van der Waals surface area contributed by atoms with Gasteiger partial charge in [0.25, 0.3) is 5.91 Å². The zero-order valence-corrected chi connectivity index (χ0v) is 15.8. The van der Waals surface area contributed by atoms with Gasteiger partial charge < -0.3 is 19.1 Å². The van der Waals surface area contributed by atoms with Crippen LogP contribution in [0.3, 0.4) is 0 Å². The Kier molecular flexibility index (Phi) is 5.50. The van der Waals surface area contributed by atoms with Crippen molar-refractivity contribution in [3.63, 3.8) is 0 Å². The van der Waals surface area contributed by atoms with Crippen LogP contribution in [0.4, 0.5) is 5.69 Å². The average Bonchev–Trinajstić information content (AvgIpc) is 3.09. The van der Waals surface area contributed by atoms with Crippen molar-refractivity contribution in [2.24, 2.45) is 5.92 Å². The first-order valence-corrected chi connectivity index (χ1v) is 9.64. The third kappa shape index (κ3) is 4.04. The molecule has 2 aliphatic heterocycles. The average molecular weight is 388 g/mol. The van der Waals surface area contributed by atoms with Crippen LogP contribution in [-0.4, -0.2) is 38.9 Å². The van der Waals surface area contributed by atoms with Crippen LogP contribution in [0.25, 0.3) is 0 Å². The van der Waals surface area contributed by atoms with E-state index in [1.54, 1.807) is 17.0 Å². The first-order valence-electron chi connectivity index (χ1n) is 9.26. The second-order valence-electron chi connectivity index (χ2n) is 6.82. The molecule has 0 saturated carbocycles. The summed E-state index contributed by atoms with van der Waals surface area (Å²) in [4.78, 5) is 15.2. The van der Waals surface area contributed by atoms with Gasteiger partial charge in [-0.05, 0) is 30.7 Å². The maximum atomic E-state index is 13.4. The summed E-state index contributed by atoms with van der Waals surface area (Å²) in [6.45, 7) is 3.13. The Morgan fingerprint density at radius 1 is 1.11 bits per heavy atom. The largest absolute Gasteiger partial charge is 0.489 e. The monoisotopic (exact) mass is 387 g/mol. The number of hydrogen-bond donors (Lipinski definition) is 0. The maximum absolute atomic E-state index is 13.4. The SMILES string of the molecule is O=C(c1cc(Cl)c2c(c1)OCCCO2)N(C[C@@H]1CCOC1)c1ccccc1. The van der Waals surface area contributed by atoms with E-state index in [-0.39, 0.29) is 5.91 Å². The zero-order chi connectivity index (χ0) is 18.6. The Bertz CT molecular complexity index is 805. The first kappa shape index (κ1) is 18.1. The summed E-state index contributed by atoms with van der Waals surface area (Å²) in [6, 6.07) is 13.1. The van der Waals surface area contributed by atoms with Gasteiger partial charge >= 0.3 is 0 Å². The second kappa shape index (κ2) is 8.19. The first-order chi connectivity index (χ1) is 13.2. The fourth-order valence-electron chi connectivity index (χ4n) is 3.41. The summed E-state index contributed by atoms with van der Waals surface area (Å²) in [7, 11) is 0. The lowest BCUT2D eigenvalue weighted by atomic mass is 10.1. The van der Waals surface area contributed by atoms with Crippen molar-refractivity contribution in [2.45, 2.75) is 12.8 Å². The van der Waals surface area contributed by atoms with Gasteiger partial charge in [-0.15, -0.1) is 0 Å². The predicted molar refractivity (Wildman–Crippen MR) is 104 cm³/mol. The maximum Gasteiger partial charge on any atom is 0.258 e. The molecule has 1 fully saturated rings. The molecular formula is C21H22ClNO4. The third-order valence-corrected chi connectivity index (χ3v) is 5.11. The molecule has 1 atom stereocenters. The van der Waals surface area contributed by atoms with Crippen molar-refractivity contribution in [3.8, 4) is 11.5 Å². The number of carbonyl (C=O) groups excluding carboxylic acids is 1. The molecule has 0 unspecified atom stereocenters. The van der Waals surface area contributed by atoms with Gasteiger partial charge in [0.05, 0.1) is 24.8 Å². The van der Waals surface area contributed by atoms with Crippen molar-refractivity contribution in [3.05, 3.63) is 53.1 Å². The van der Waals surface area contributed by atoms with Gasteiger partial charge in [-0.2, -0.15) is 0 Å². The van der Waals surface area contributed by atoms with E-state index in [1.807, 2.05) is 30.3 Å². The number of fused-ring (bicyclic) bond motifs is 1. The van der Waals surface area contributed by atoms with Gasteiger partial charge in [-0.25, -0.2) is 0 Å². The van der Waals surface area contributed by atoms with E-state index in [0.29, 0.717) is 54.4 Å². The predicted octanol–water partition coefficient (Wildman–Crippen LogP) is 4.18. The standard InChI is InChI=1S/C21H22ClNO4/c22-18-11-16(12-19-20(18)27-9-4-8-26-19)21(24)23(13-15-7-10-25-14-15)17-5-2-1-3-6-17/h1-3,5-6,11-12,15H,4,7-10,13-14H2/t15-/m0/s1. The Hall–Kier alpha value is -2.24. The third-order valence-electron chi connectivity index (χ3n) is 4.83. The highest BCUT2D eigenvalue weighted by atomic mass is 35.5. The van der Waals surface area contributed by atoms with Crippen LogP contribution in [0.1, 0.15) is 23.2 Å². The van der Waals surface area contributed by atoms with Crippen LogP contribution < -0.4 is 14.4 Å². The molecule has 4 rings (SSSR count). The Morgan fingerprint density at radius 3 is 2.70 bits per heavy atom. The molecule has 0 aromatic heterocycles.